The zero-order valence-corrected chi connectivity index (χ0v) is 41.2. The number of H-pyrrole nitrogens is 3. The van der Waals surface area contributed by atoms with Crippen molar-refractivity contribution in [2.45, 2.75) is 91.9 Å². The molecular formula is C62H57N5O4. The molecule has 9 nitrogen and oxygen atoms in total. The fourth-order valence-electron chi connectivity index (χ4n) is 12.2. The van der Waals surface area contributed by atoms with Crippen molar-refractivity contribution < 1.29 is 19.1 Å². The first-order valence-corrected chi connectivity index (χ1v) is 25.3. The van der Waals surface area contributed by atoms with Crippen molar-refractivity contribution in [3.8, 4) is 0 Å². The standard InChI is InChI=1S/C62H57N5O4/c1-7-42-43(8-2)54-32-56-45(20-14-24-71-36(6)69)34(4)52(65-56)30-57-60-58-46-25-37-15-9-11-17-39(37)27-48(46)59(49-28-40-18-12-10-16-38(40)26-47(49)58)61(60)62(67-57)50-22-21-41(63-50)29-51-33(3)44(19-13-23-70-35(5)68)55(64-51)31-53(42)66-54/h9-12,15-18,21-22,25-32,58-59,63-64,66H,7-8,13-14,19-20,23-24H2,1-6H3. The third-order valence-electron chi connectivity index (χ3n) is 15.5. The summed E-state index contributed by atoms with van der Waals surface area (Å²) in [5, 5.41) is 4.93. The number of nitrogens with zero attached hydrogens (tertiary/aromatic N) is 2. The highest BCUT2D eigenvalue weighted by Crippen LogP contribution is 2.63. The second kappa shape index (κ2) is 17.6. The van der Waals surface area contributed by atoms with Crippen LogP contribution in [0.2, 0.25) is 0 Å². The molecule has 0 saturated carbocycles. The van der Waals surface area contributed by atoms with Crippen LogP contribution in [0.3, 0.4) is 0 Å². The number of esters is 2. The number of carbonyl (C=O) groups is 2. The van der Waals surface area contributed by atoms with Crippen molar-refractivity contribution in [1.29, 1.82) is 0 Å². The van der Waals surface area contributed by atoms with Gasteiger partial charge in [-0.3, -0.25) is 9.59 Å². The van der Waals surface area contributed by atoms with Crippen LogP contribution in [0.1, 0.15) is 133 Å². The van der Waals surface area contributed by atoms with Gasteiger partial charge in [-0.2, -0.15) is 0 Å². The summed E-state index contributed by atoms with van der Waals surface area (Å²) in [7, 11) is 0. The van der Waals surface area contributed by atoms with Crippen LogP contribution in [0.15, 0.2) is 109 Å². The summed E-state index contributed by atoms with van der Waals surface area (Å²) in [6, 6.07) is 40.5. The maximum atomic E-state index is 11.9. The quantitative estimate of drug-likeness (QED) is 0.0926. The number of hydrogen-bond donors (Lipinski definition) is 3. The van der Waals surface area contributed by atoms with Gasteiger partial charge in [0, 0.05) is 53.3 Å². The molecule has 0 saturated heterocycles. The van der Waals surface area contributed by atoms with E-state index in [2.05, 4.69) is 152 Å². The van der Waals surface area contributed by atoms with E-state index in [1.807, 2.05) is 0 Å². The topological polar surface area (TPSA) is 126 Å². The number of benzene rings is 4. The lowest BCUT2D eigenvalue weighted by Gasteiger charge is -2.42. The molecule has 0 amide bonds. The minimum absolute atomic E-state index is 0.0533. The number of fused-ring (bicyclic) bond motifs is 13. The van der Waals surface area contributed by atoms with E-state index < -0.39 is 0 Å². The van der Waals surface area contributed by atoms with Gasteiger partial charge in [-0.05, 0) is 201 Å². The normalized spacial score (nSPS) is 15.6. The van der Waals surface area contributed by atoms with Crippen LogP contribution in [0.25, 0.3) is 76.9 Å². The Kier molecular flexibility index (Phi) is 11.0. The van der Waals surface area contributed by atoms with Gasteiger partial charge < -0.3 is 24.4 Å². The second-order valence-electron chi connectivity index (χ2n) is 19.6. The second-order valence-corrected chi connectivity index (χ2v) is 19.6. The van der Waals surface area contributed by atoms with Crippen LogP contribution in [0.4, 0.5) is 0 Å². The first-order valence-electron chi connectivity index (χ1n) is 25.3. The van der Waals surface area contributed by atoms with E-state index in [0.29, 0.717) is 32.5 Å². The molecule has 0 fully saturated rings. The fraction of sp³-hybridized carbons (Fsp3) is 0.258. The van der Waals surface area contributed by atoms with Crippen LogP contribution >= 0.6 is 0 Å². The Morgan fingerprint density at radius 3 is 1.63 bits per heavy atom. The molecule has 12 bridgehead atoms. The van der Waals surface area contributed by atoms with E-state index in [1.165, 1.54) is 85.5 Å². The Bertz CT molecular complexity index is 3770. The van der Waals surface area contributed by atoms with Crippen LogP contribution in [-0.4, -0.2) is 50.1 Å². The molecule has 4 aromatic carbocycles. The largest absolute Gasteiger partial charge is 0.466 e. The minimum atomic E-state index is -0.275. The third-order valence-corrected chi connectivity index (χ3v) is 15.5. The average molecular weight is 936 g/mol. The Hall–Kier alpha value is -7.78. The van der Waals surface area contributed by atoms with Crippen LogP contribution in [0, 0.1) is 6.92 Å². The molecule has 0 spiro atoms. The Labute approximate surface area is 412 Å². The summed E-state index contributed by atoms with van der Waals surface area (Å²) in [5.41, 5.74) is 24.7. The van der Waals surface area contributed by atoms with Crippen molar-refractivity contribution in [2.24, 2.45) is 0 Å². The molecular weight excluding hydrogens is 879 g/mol. The number of carbonyl (C=O) groups excluding carboxylic acids is 2. The van der Waals surface area contributed by atoms with Gasteiger partial charge in [-0.15, -0.1) is 0 Å². The van der Waals surface area contributed by atoms with E-state index in [1.54, 1.807) is 0 Å². The number of aryl methyl sites for hydroxylation is 4. The summed E-state index contributed by atoms with van der Waals surface area (Å²) < 4.78 is 10.9. The fourth-order valence-corrected chi connectivity index (χ4v) is 12.2. The molecule has 0 atom stereocenters. The lowest BCUT2D eigenvalue weighted by atomic mass is 9.60. The minimum Gasteiger partial charge on any atom is -0.466 e. The van der Waals surface area contributed by atoms with Gasteiger partial charge in [0.1, 0.15) is 0 Å². The highest BCUT2D eigenvalue weighted by molar-refractivity contribution is 6.09. The SMILES string of the molecule is CCc1c(CC)c2cc3[nH]c(cc4ccc([nH]4)c4nc(cc5nc(cc1[nH]2)C(CCCOC(C)=O)=C5C)C1=C4C2c4cc5ccccc5cc4C1c1cc4ccccc4cc12)c(C)c3CCCOC(C)=O. The summed E-state index contributed by atoms with van der Waals surface area (Å²) >= 11 is 0. The molecule has 3 N–H and O–H groups in total. The molecule has 9 heteroatoms. The summed E-state index contributed by atoms with van der Waals surface area (Å²) in [6.07, 6.45) is 4.50. The maximum Gasteiger partial charge on any atom is 0.302 e. The molecule has 3 aliphatic carbocycles. The van der Waals surface area contributed by atoms with Crippen LogP contribution < -0.4 is 0 Å². The molecule has 13 rings (SSSR count). The van der Waals surface area contributed by atoms with Gasteiger partial charge >= 0.3 is 11.9 Å². The first kappa shape index (κ1) is 44.4. The molecule has 6 heterocycles. The van der Waals surface area contributed by atoms with Gasteiger partial charge in [0.2, 0.25) is 0 Å². The molecule has 0 unspecified atom stereocenters. The predicted molar refractivity (Wildman–Crippen MR) is 287 cm³/mol. The lowest BCUT2D eigenvalue weighted by molar-refractivity contribution is -0.142. The van der Waals surface area contributed by atoms with E-state index in [-0.39, 0.29) is 23.8 Å². The van der Waals surface area contributed by atoms with E-state index in [0.717, 1.165) is 91.8 Å². The number of hydrogen-bond acceptors (Lipinski definition) is 6. The van der Waals surface area contributed by atoms with Crippen molar-refractivity contribution in [3.05, 3.63) is 176 Å². The maximum absolute atomic E-state index is 11.9. The number of nitrogens with one attached hydrogen (secondary N) is 3. The van der Waals surface area contributed by atoms with Gasteiger partial charge in [-0.1, -0.05) is 62.4 Å². The van der Waals surface area contributed by atoms with E-state index in [9.17, 15) is 9.59 Å². The zero-order chi connectivity index (χ0) is 48.7. The zero-order valence-electron chi connectivity index (χ0n) is 41.2. The van der Waals surface area contributed by atoms with Crippen LogP contribution in [0.5, 0.6) is 0 Å². The van der Waals surface area contributed by atoms with Crippen molar-refractivity contribution >= 4 is 88.9 Å². The highest BCUT2D eigenvalue weighted by Gasteiger charge is 2.47. The molecule has 71 heavy (non-hydrogen) atoms. The number of aromatic amines is 3. The lowest BCUT2D eigenvalue weighted by Crippen LogP contribution is -2.26. The monoisotopic (exact) mass is 935 g/mol. The van der Waals surface area contributed by atoms with Crippen molar-refractivity contribution in [2.75, 3.05) is 13.2 Å². The molecule has 2 aliphatic heterocycles. The average Bonchev–Trinajstić information content (AvgIpc) is 4.19. The smallest absolute Gasteiger partial charge is 0.302 e. The van der Waals surface area contributed by atoms with E-state index >= 15 is 0 Å². The molecule has 8 aromatic rings. The summed E-state index contributed by atoms with van der Waals surface area (Å²) in [4.78, 5) is 46.5. The van der Waals surface area contributed by atoms with Gasteiger partial charge in [-0.25, -0.2) is 9.97 Å². The molecule has 354 valence electrons. The Balaban J connectivity index is 1.16. The molecule has 5 aliphatic rings. The van der Waals surface area contributed by atoms with Crippen LogP contribution in [-0.2, 0) is 38.3 Å². The highest BCUT2D eigenvalue weighted by atomic mass is 16.5. The van der Waals surface area contributed by atoms with Gasteiger partial charge in [0.15, 0.2) is 0 Å². The summed E-state index contributed by atoms with van der Waals surface area (Å²) in [5.74, 6) is -0.653. The third kappa shape index (κ3) is 7.52. The molecule has 0 radical (unpaired) electrons. The number of aromatic nitrogens is 5. The van der Waals surface area contributed by atoms with E-state index in [4.69, 9.17) is 19.4 Å². The predicted octanol–water partition coefficient (Wildman–Crippen LogP) is 14.1. The van der Waals surface area contributed by atoms with Crippen molar-refractivity contribution in [1.82, 2.24) is 24.9 Å². The van der Waals surface area contributed by atoms with Gasteiger partial charge in [0.05, 0.1) is 41.5 Å². The first-order chi connectivity index (χ1) is 34.6. The Morgan fingerprint density at radius 2 is 1.06 bits per heavy atom. The number of ether oxygens (including phenoxy) is 2. The molecule has 4 aromatic heterocycles. The number of rotatable bonds is 10. The van der Waals surface area contributed by atoms with Crippen molar-refractivity contribution in [3.63, 3.8) is 0 Å². The number of allylic oxidation sites excluding steroid dienone is 4. The van der Waals surface area contributed by atoms with Gasteiger partial charge in [0.25, 0.3) is 0 Å². The Morgan fingerprint density at radius 1 is 0.521 bits per heavy atom. The summed E-state index contributed by atoms with van der Waals surface area (Å²) in [6.45, 7) is 12.4.